The molecule has 0 fully saturated rings. The van der Waals surface area contributed by atoms with E-state index in [4.69, 9.17) is 10.00 Å². The van der Waals surface area contributed by atoms with Gasteiger partial charge in [0.2, 0.25) is 0 Å². The Bertz CT molecular complexity index is 566. The van der Waals surface area contributed by atoms with Gasteiger partial charge in [0.15, 0.2) is 6.61 Å². The number of hydrogen-bond donors (Lipinski definition) is 0. The van der Waals surface area contributed by atoms with Crippen molar-refractivity contribution in [2.45, 2.75) is 20.3 Å². The number of amides is 1. The zero-order valence-corrected chi connectivity index (χ0v) is 12.0. The van der Waals surface area contributed by atoms with Gasteiger partial charge in [-0.05, 0) is 26.0 Å². The lowest BCUT2D eigenvalue weighted by molar-refractivity contribution is -0.385. The van der Waals surface area contributed by atoms with Crippen LogP contribution in [-0.4, -0.2) is 35.4 Å². The molecule has 0 heterocycles. The third-order valence-corrected chi connectivity index (χ3v) is 2.96. The lowest BCUT2D eigenvalue weighted by atomic mass is 10.2. The van der Waals surface area contributed by atoms with Crippen LogP contribution in [0.1, 0.15) is 18.9 Å². The zero-order chi connectivity index (χ0) is 15.8. The molecule has 7 nitrogen and oxygen atoms in total. The first kappa shape index (κ1) is 16.4. The van der Waals surface area contributed by atoms with Gasteiger partial charge in [-0.3, -0.25) is 14.9 Å². The quantitative estimate of drug-likeness (QED) is 0.565. The van der Waals surface area contributed by atoms with Crippen molar-refractivity contribution in [2.75, 3.05) is 19.7 Å². The monoisotopic (exact) mass is 291 g/mol. The first-order valence-electron chi connectivity index (χ1n) is 6.52. The van der Waals surface area contributed by atoms with Gasteiger partial charge >= 0.3 is 0 Å². The van der Waals surface area contributed by atoms with E-state index in [0.717, 1.165) is 0 Å². The van der Waals surface area contributed by atoms with Crippen molar-refractivity contribution in [1.82, 2.24) is 4.90 Å². The number of carbonyl (C=O) groups excluding carboxylic acids is 1. The molecule has 0 N–H and O–H groups in total. The highest BCUT2D eigenvalue weighted by atomic mass is 16.6. The van der Waals surface area contributed by atoms with Gasteiger partial charge in [-0.2, -0.15) is 5.26 Å². The normalized spacial score (nSPS) is 9.76. The average molecular weight is 291 g/mol. The molecular formula is C14H17N3O4. The highest BCUT2D eigenvalue weighted by Crippen LogP contribution is 2.22. The van der Waals surface area contributed by atoms with Gasteiger partial charge in [-0.15, -0.1) is 0 Å². The van der Waals surface area contributed by atoms with E-state index in [0.29, 0.717) is 24.4 Å². The molecule has 112 valence electrons. The topological polar surface area (TPSA) is 96.5 Å². The van der Waals surface area contributed by atoms with Crippen molar-refractivity contribution in [3.05, 3.63) is 33.9 Å². The number of benzene rings is 1. The molecule has 0 aromatic heterocycles. The molecule has 1 rings (SSSR count). The Morgan fingerprint density at radius 2 is 2.24 bits per heavy atom. The van der Waals surface area contributed by atoms with Gasteiger partial charge in [0.25, 0.3) is 11.6 Å². The Hall–Kier alpha value is -2.62. The zero-order valence-electron chi connectivity index (χ0n) is 12.0. The lowest BCUT2D eigenvalue weighted by Crippen LogP contribution is -2.35. The van der Waals surface area contributed by atoms with Crippen molar-refractivity contribution in [3.63, 3.8) is 0 Å². The molecule has 0 aliphatic carbocycles. The maximum absolute atomic E-state index is 11.9. The molecule has 0 spiro atoms. The van der Waals surface area contributed by atoms with Crippen LogP contribution in [0.25, 0.3) is 0 Å². The van der Waals surface area contributed by atoms with E-state index in [2.05, 4.69) is 0 Å². The SMILES string of the molecule is CCN(CCC#N)C(=O)COc1ccc([N+](=O)[O-])c(C)c1. The Balaban J connectivity index is 2.62. The van der Waals surface area contributed by atoms with E-state index >= 15 is 0 Å². The average Bonchev–Trinajstić information content (AvgIpc) is 2.45. The van der Waals surface area contributed by atoms with E-state index in [9.17, 15) is 14.9 Å². The summed E-state index contributed by atoms with van der Waals surface area (Å²) < 4.78 is 5.35. The second-order valence-electron chi connectivity index (χ2n) is 4.38. The van der Waals surface area contributed by atoms with Crippen LogP contribution in [0.15, 0.2) is 18.2 Å². The number of carbonyl (C=O) groups is 1. The summed E-state index contributed by atoms with van der Waals surface area (Å²) in [5.41, 5.74) is 0.486. The van der Waals surface area contributed by atoms with Crippen LogP contribution in [0.5, 0.6) is 5.75 Å². The Labute approximate surface area is 122 Å². The summed E-state index contributed by atoms with van der Waals surface area (Å²) in [6, 6.07) is 6.32. The number of nitro groups is 1. The van der Waals surface area contributed by atoms with Crippen molar-refractivity contribution in [2.24, 2.45) is 0 Å². The summed E-state index contributed by atoms with van der Waals surface area (Å²) in [6.07, 6.45) is 0.274. The molecule has 0 saturated heterocycles. The van der Waals surface area contributed by atoms with Gasteiger partial charge in [-0.25, -0.2) is 0 Å². The van der Waals surface area contributed by atoms with Gasteiger partial charge in [0.05, 0.1) is 17.4 Å². The van der Waals surface area contributed by atoms with Crippen LogP contribution in [-0.2, 0) is 4.79 Å². The van der Waals surface area contributed by atoms with E-state index in [1.54, 1.807) is 6.92 Å². The molecule has 0 atom stereocenters. The summed E-state index contributed by atoms with van der Waals surface area (Å²) in [4.78, 5) is 23.7. The molecule has 7 heteroatoms. The van der Waals surface area contributed by atoms with Crippen LogP contribution in [0.4, 0.5) is 5.69 Å². The second-order valence-corrected chi connectivity index (χ2v) is 4.38. The predicted molar refractivity (Wildman–Crippen MR) is 75.8 cm³/mol. The van der Waals surface area contributed by atoms with Crippen LogP contribution in [0.3, 0.4) is 0 Å². The number of rotatable bonds is 7. The lowest BCUT2D eigenvalue weighted by Gasteiger charge is -2.19. The summed E-state index contributed by atoms with van der Waals surface area (Å²) in [5.74, 6) is 0.187. The molecule has 0 saturated carbocycles. The van der Waals surface area contributed by atoms with E-state index in [1.807, 2.05) is 13.0 Å². The highest BCUT2D eigenvalue weighted by Gasteiger charge is 2.14. The maximum Gasteiger partial charge on any atom is 0.272 e. The molecule has 0 aliphatic heterocycles. The molecule has 1 aromatic rings. The molecular weight excluding hydrogens is 274 g/mol. The minimum atomic E-state index is -0.467. The first-order valence-corrected chi connectivity index (χ1v) is 6.52. The number of hydrogen-bond acceptors (Lipinski definition) is 5. The number of nitro benzene ring substituents is 1. The third kappa shape index (κ3) is 4.76. The summed E-state index contributed by atoms with van der Waals surface area (Å²) in [7, 11) is 0. The Morgan fingerprint density at radius 3 is 2.76 bits per heavy atom. The fourth-order valence-corrected chi connectivity index (χ4v) is 1.80. The molecule has 1 aromatic carbocycles. The van der Waals surface area contributed by atoms with Crippen molar-refractivity contribution >= 4 is 11.6 Å². The first-order chi connectivity index (χ1) is 9.99. The summed E-state index contributed by atoms with van der Waals surface area (Å²) in [6.45, 7) is 4.15. The maximum atomic E-state index is 11.9. The molecule has 21 heavy (non-hydrogen) atoms. The smallest absolute Gasteiger partial charge is 0.272 e. The number of aryl methyl sites for hydroxylation is 1. The minimum absolute atomic E-state index is 0.0119. The van der Waals surface area contributed by atoms with Crippen LogP contribution < -0.4 is 4.74 Å². The minimum Gasteiger partial charge on any atom is -0.484 e. The fourth-order valence-electron chi connectivity index (χ4n) is 1.80. The molecule has 0 aliphatic rings. The van der Waals surface area contributed by atoms with Crippen molar-refractivity contribution < 1.29 is 14.5 Å². The Morgan fingerprint density at radius 1 is 1.52 bits per heavy atom. The largest absolute Gasteiger partial charge is 0.484 e. The van der Waals surface area contributed by atoms with Gasteiger partial charge < -0.3 is 9.64 Å². The Kier molecular flexibility index (Phi) is 6.14. The van der Waals surface area contributed by atoms with E-state index in [1.165, 1.54) is 23.1 Å². The molecule has 0 radical (unpaired) electrons. The van der Waals surface area contributed by atoms with Gasteiger partial charge in [0, 0.05) is 24.7 Å². The number of ether oxygens (including phenoxy) is 1. The third-order valence-electron chi connectivity index (χ3n) is 2.96. The van der Waals surface area contributed by atoms with Gasteiger partial charge in [-0.1, -0.05) is 0 Å². The van der Waals surface area contributed by atoms with Crippen LogP contribution in [0, 0.1) is 28.4 Å². The molecule has 0 bridgehead atoms. The van der Waals surface area contributed by atoms with E-state index < -0.39 is 4.92 Å². The summed E-state index contributed by atoms with van der Waals surface area (Å²) in [5, 5.41) is 19.2. The molecule has 0 unspecified atom stereocenters. The molecule has 1 amide bonds. The van der Waals surface area contributed by atoms with Crippen molar-refractivity contribution in [1.29, 1.82) is 5.26 Å². The summed E-state index contributed by atoms with van der Waals surface area (Å²) >= 11 is 0. The highest BCUT2D eigenvalue weighted by molar-refractivity contribution is 5.77. The fraction of sp³-hybridized carbons (Fsp3) is 0.429. The van der Waals surface area contributed by atoms with Gasteiger partial charge in [0.1, 0.15) is 5.75 Å². The second kappa shape index (κ2) is 7.85. The predicted octanol–water partition coefficient (Wildman–Crippen LogP) is 2.04. The standard InChI is InChI=1S/C14H17N3O4/c1-3-16(8-4-7-15)14(18)10-21-12-5-6-13(17(19)20)11(2)9-12/h5-6,9H,3-4,8,10H2,1-2H3. The number of nitriles is 1. The van der Waals surface area contributed by atoms with E-state index in [-0.39, 0.29) is 24.6 Å². The number of likely N-dealkylation sites (N-methyl/N-ethyl adjacent to an activating group) is 1. The van der Waals surface area contributed by atoms with Crippen LogP contribution in [0.2, 0.25) is 0 Å². The van der Waals surface area contributed by atoms with Crippen LogP contribution >= 0.6 is 0 Å². The number of nitrogens with zero attached hydrogens (tertiary/aromatic N) is 3. The van der Waals surface area contributed by atoms with Crippen molar-refractivity contribution in [3.8, 4) is 11.8 Å².